The van der Waals surface area contributed by atoms with E-state index in [1.165, 1.54) is 0 Å². The predicted molar refractivity (Wildman–Crippen MR) is 130 cm³/mol. The molecule has 1 amide bonds. The molecule has 2 bridgehead atoms. The Bertz CT molecular complexity index is 981. The smallest absolute Gasteiger partial charge is 0.249 e. The van der Waals surface area contributed by atoms with Gasteiger partial charge in [0.15, 0.2) is 0 Å². The van der Waals surface area contributed by atoms with Crippen LogP contribution in [0.25, 0.3) is 6.08 Å². The summed E-state index contributed by atoms with van der Waals surface area (Å²) in [5.74, 6) is 0.0366. The lowest BCUT2D eigenvalue weighted by molar-refractivity contribution is -0.118. The normalized spacial score (nSPS) is 25.0. The van der Waals surface area contributed by atoms with Crippen molar-refractivity contribution in [2.45, 2.75) is 56.5 Å². The Morgan fingerprint density at radius 2 is 2.00 bits per heavy atom. The molecule has 2 saturated heterocycles. The first kappa shape index (κ1) is 22.1. The average Bonchev–Trinajstić information content (AvgIpc) is 3.06. The van der Waals surface area contributed by atoms with E-state index in [9.17, 15) is 9.90 Å². The van der Waals surface area contributed by atoms with E-state index >= 15 is 0 Å². The van der Waals surface area contributed by atoms with Gasteiger partial charge in [-0.1, -0.05) is 24.3 Å². The SMILES string of the molecule is O=C(NC1CC2CCC(C1)N2CC(O)CNCc1cccnc1)C1=Cc2ccccc2NC1. The molecule has 1 aromatic carbocycles. The number of aliphatic hydroxyl groups excluding tert-OH is 1. The molecule has 2 aromatic rings. The second-order valence-corrected chi connectivity index (χ2v) is 9.48. The summed E-state index contributed by atoms with van der Waals surface area (Å²) in [6, 6.07) is 13.1. The number of carbonyl (C=O) groups is 1. The van der Waals surface area contributed by atoms with Gasteiger partial charge in [0.2, 0.25) is 5.91 Å². The molecule has 0 saturated carbocycles. The number of para-hydroxylation sites is 1. The Morgan fingerprint density at radius 3 is 2.79 bits per heavy atom. The van der Waals surface area contributed by atoms with Gasteiger partial charge in [-0.05, 0) is 55.0 Å². The number of nitrogens with one attached hydrogen (secondary N) is 3. The Balaban J connectivity index is 1.10. The number of aromatic nitrogens is 1. The van der Waals surface area contributed by atoms with E-state index in [4.69, 9.17) is 0 Å². The summed E-state index contributed by atoms with van der Waals surface area (Å²) >= 11 is 0. The van der Waals surface area contributed by atoms with Crippen LogP contribution >= 0.6 is 0 Å². The first-order valence-corrected chi connectivity index (χ1v) is 12.0. The van der Waals surface area contributed by atoms with Gasteiger partial charge >= 0.3 is 0 Å². The van der Waals surface area contributed by atoms with E-state index in [1.807, 2.05) is 48.7 Å². The van der Waals surface area contributed by atoms with Gasteiger partial charge in [-0.25, -0.2) is 0 Å². The molecule has 1 aromatic heterocycles. The van der Waals surface area contributed by atoms with E-state index in [1.54, 1.807) is 6.20 Å². The van der Waals surface area contributed by atoms with Crippen LogP contribution in [0.1, 0.15) is 36.8 Å². The number of amides is 1. The minimum Gasteiger partial charge on any atom is -0.390 e. The monoisotopic (exact) mass is 447 g/mol. The zero-order chi connectivity index (χ0) is 22.6. The molecule has 3 atom stereocenters. The molecule has 33 heavy (non-hydrogen) atoms. The van der Waals surface area contributed by atoms with Crippen molar-refractivity contribution in [2.24, 2.45) is 0 Å². The highest BCUT2D eigenvalue weighted by atomic mass is 16.3. The van der Waals surface area contributed by atoms with Crippen LogP contribution in [0.3, 0.4) is 0 Å². The van der Waals surface area contributed by atoms with Gasteiger partial charge in [-0.3, -0.25) is 14.7 Å². The topological polar surface area (TPSA) is 89.5 Å². The van der Waals surface area contributed by atoms with Crippen molar-refractivity contribution in [1.29, 1.82) is 0 Å². The number of rotatable bonds is 8. The molecule has 7 heteroatoms. The number of benzene rings is 1. The molecular formula is C26H33N5O2. The summed E-state index contributed by atoms with van der Waals surface area (Å²) in [5, 5.41) is 20.6. The summed E-state index contributed by atoms with van der Waals surface area (Å²) in [5.41, 5.74) is 4.05. The number of hydrogen-bond donors (Lipinski definition) is 4. The predicted octanol–water partition coefficient (Wildman–Crippen LogP) is 2.15. The third-order valence-electron chi connectivity index (χ3n) is 7.12. The van der Waals surface area contributed by atoms with Crippen molar-refractivity contribution in [3.05, 3.63) is 65.5 Å². The Kier molecular flexibility index (Phi) is 6.71. The van der Waals surface area contributed by atoms with E-state index < -0.39 is 6.10 Å². The second kappa shape index (κ2) is 10.0. The fourth-order valence-electron chi connectivity index (χ4n) is 5.52. The third kappa shape index (κ3) is 5.27. The molecule has 3 aliphatic heterocycles. The number of fused-ring (bicyclic) bond motifs is 3. The van der Waals surface area contributed by atoms with E-state index in [0.717, 1.165) is 48.1 Å². The number of pyridine rings is 1. The Hall–Kier alpha value is -2.74. The third-order valence-corrected chi connectivity index (χ3v) is 7.12. The number of aliphatic hydroxyl groups is 1. The van der Waals surface area contributed by atoms with E-state index in [0.29, 0.717) is 38.3 Å². The van der Waals surface area contributed by atoms with Crippen LogP contribution in [0.2, 0.25) is 0 Å². The lowest BCUT2D eigenvalue weighted by Gasteiger charge is -2.40. The highest BCUT2D eigenvalue weighted by Gasteiger charge is 2.41. The zero-order valence-corrected chi connectivity index (χ0v) is 18.9. The van der Waals surface area contributed by atoms with Gasteiger partial charge < -0.3 is 21.1 Å². The standard InChI is InChI=1S/C26H33N5O2/c32-24(16-28-14-18-4-3-9-27-13-18)17-31-22-7-8-23(31)12-21(11-22)30-26(33)20-10-19-5-1-2-6-25(19)29-15-20/h1-6,9-10,13,21-24,28-29,32H,7-8,11-12,14-17H2,(H,30,33). The molecular weight excluding hydrogens is 414 g/mol. The van der Waals surface area contributed by atoms with Crippen LogP contribution in [0, 0.1) is 0 Å². The average molecular weight is 448 g/mol. The van der Waals surface area contributed by atoms with Crippen molar-refractivity contribution in [2.75, 3.05) is 25.0 Å². The summed E-state index contributed by atoms with van der Waals surface area (Å²) in [4.78, 5) is 19.5. The van der Waals surface area contributed by atoms with Crippen LogP contribution < -0.4 is 16.0 Å². The second-order valence-electron chi connectivity index (χ2n) is 9.48. The maximum absolute atomic E-state index is 12.9. The van der Waals surface area contributed by atoms with Crippen LogP contribution in [-0.2, 0) is 11.3 Å². The highest BCUT2D eigenvalue weighted by Crippen LogP contribution is 2.36. The summed E-state index contributed by atoms with van der Waals surface area (Å²) in [6.45, 7) is 2.52. The fourth-order valence-corrected chi connectivity index (χ4v) is 5.52. The molecule has 2 fully saturated rings. The van der Waals surface area contributed by atoms with Gasteiger partial charge in [0.1, 0.15) is 0 Å². The first-order valence-electron chi connectivity index (χ1n) is 12.0. The van der Waals surface area contributed by atoms with Gasteiger partial charge in [0.25, 0.3) is 0 Å². The lowest BCUT2D eigenvalue weighted by Crippen LogP contribution is -2.53. The van der Waals surface area contributed by atoms with Gasteiger partial charge in [-0.2, -0.15) is 0 Å². The number of nitrogens with zero attached hydrogens (tertiary/aromatic N) is 2. The summed E-state index contributed by atoms with van der Waals surface area (Å²) in [6.07, 6.45) is 9.40. The molecule has 174 valence electrons. The summed E-state index contributed by atoms with van der Waals surface area (Å²) in [7, 11) is 0. The lowest BCUT2D eigenvalue weighted by atomic mass is 9.96. The molecule has 5 rings (SSSR count). The molecule has 0 spiro atoms. The maximum Gasteiger partial charge on any atom is 0.249 e. The largest absolute Gasteiger partial charge is 0.390 e. The number of anilines is 1. The minimum absolute atomic E-state index is 0.0366. The molecule has 0 aliphatic carbocycles. The highest BCUT2D eigenvalue weighted by molar-refractivity contribution is 6.00. The minimum atomic E-state index is -0.408. The van der Waals surface area contributed by atoms with Crippen molar-refractivity contribution >= 4 is 17.7 Å². The van der Waals surface area contributed by atoms with E-state index in [2.05, 4.69) is 25.8 Å². The number of piperidine rings is 1. The van der Waals surface area contributed by atoms with Gasteiger partial charge in [-0.15, -0.1) is 0 Å². The van der Waals surface area contributed by atoms with E-state index in [-0.39, 0.29) is 11.9 Å². The van der Waals surface area contributed by atoms with Crippen LogP contribution in [0.5, 0.6) is 0 Å². The van der Waals surface area contributed by atoms with Crippen LogP contribution in [0.4, 0.5) is 5.69 Å². The molecule has 4 N–H and O–H groups in total. The molecule has 7 nitrogen and oxygen atoms in total. The van der Waals surface area contributed by atoms with Crippen molar-refractivity contribution in [1.82, 2.24) is 20.5 Å². The Labute approximate surface area is 195 Å². The summed E-state index contributed by atoms with van der Waals surface area (Å²) < 4.78 is 0. The quantitative estimate of drug-likeness (QED) is 0.496. The molecule has 3 aliphatic rings. The number of carbonyl (C=O) groups excluding carboxylic acids is 1. The molecule has 0 radical (unpaired) electrons. The first-order chi connectivity index (χ1) is 16.2. The fraction of sp³-hybridized carbons (Fsp3) is 0.462. The zero-order valence-electron chi connectivity index (χ0n) is 18.9. The van der Waals surface area contributed by atoms with Crippen molar-refractivity contribution in [3.63, 3.8) is 0 Å². The maximum atomic E-state index is 12.9. The van der Waals surface area contributed by atoms with Gasteiger partial charge in [0, 0.05) is 68.0 Å². The van der Waals surface area contributed by atoms with Crippen molar-refractivity contribution < 1.29 is 9.90 Å². The van der Waals surface area contributed by atoms with Crippen LogP contribution in [-0.4, -0.2) is 64.8 Å². The Morgan fingerprint density at radius 1 is 1.18 bits per heavy atom. The molecule has 4 heterocycles. The van der Waals surface area contributed by atoms with Crippen LogP contribution in [0.15, 0.2) is 54.4 Å². The number of hydrogen-bond acceptors (Lipinski definition) is 6. The van der Waals surface area contributed by atoms with Crippen molar-refractivity contribution in [3.8, 4) is 0 Å². The molecule has 3 unspecified atom stereocenters. The van der Waals surface area contributed by atoms with Gasteiger partial charge in [0.05, 0.1) is 6.10 Å².